The lowest BCUT2D eigenvalue weighted by Gasteiger charge is -2.18. The van der Waals surface area contributed by atoms with Gasteiger partial charge in [0.15, 0.2) is 0 Å². The lowest BCUT2D eigenvalue weighted by molar-refractivity contribution is 0.111. The summed E-state index contributed by atoms with van der Waals surface area (Å²) in [6, 6.07) is 0. The van der Waals surface area contributed by atoms with Gasteiger partial charge in [0, 0.05) is 18.6 Å². The fourth-order valence-corrected chi connectivity index (χ4v) is 3.23. The molecule has 2 unspecified atom stereocenters. The topological polar surface area (TPSA) is 57.4 Å². The molecular weight excluding hydrogens is 224 g/mol. The number of ether oxygens (including phenoxy) is 2. The van der Waals surface area contributed by atoms with E-state index in [4.69, 9.17) is 15.2 Å². The van der Waals surface area contributed by atoms with Crippen molar-refractivity contribution in [2.24, 2.45) is 5.73 Å². The second kappa shape index (κ2) is 4.07. The minimum Gasteiger partial charge on any atom is -0.379 e. The Kier molecular flexibility index (Phi) is 2.71. The fourth-order valence-electron chi connectivity index (χ4n) is 2.22. The Morgan fingerprint density at radius 3 is 3.12 bits per heavy atom. The van der Waals surface area contributed by atoms with Crippen LogP contribution >= 0.6 is 11.3 Å². The summed E-state index contributed by atoms with van der Waals surface area (Å²) >= 11 is 1.66. The summed E-state index contributed by atoms with van der Waals surface area (Å²) in [5.41, 5.74) is 6.88. The van der Waals surface area contributed by atoms with Gasteiger partial charge in [-0.1, -0.05) is 0 Å². The molecule has 2 N–H and O–H groups in total. The average Bonchev–Trinajstić information content (AvgIpc) is 2.98. The molecule has 0 radical (unpaired) electrons. The quantitative estimate of drug-likeness (QED) is 0.852. The second-order valence-corrected chi connectivity index (χ2v) is 5.42. The zero-order valence-corrected chi connectivity index (χ0v) is 9.96. The molecule has 88 valence electrons. The molecule has 0 aromatic carbocycles. The highest BCUT2D eigenvalue weighted by Gasteiger charge is 2.35. The van der Waals surface area contributed by atoms with Gasteiger partial charge in [0.05, 0.1) is 17.8 Å². The number of hydrogen-bond donors (Lipinski definition) is 1. The van der Waals surface area contributed by atoms with Gasteiger partial charge >= 0.3 is 0 Å². The Bertz CT molecular complexity index is 368. The van der Waals surface area contributed by atoms with Crippen molar-refractivity contribution in [1.29, 1.82) is 0 Å². The Morgan fingerprint density at radius 1 is 1.50 bits per heavy atom. The highest BCUT2D eigenvalue weighted by molar-refractivity contribution is 7.09. The van der Waals surface area contributed by atoms with E-state index < -0.39 is 0 Å². The average molecular weight is 240 g/mol. The first kappa shape index (κ1) is 10.7. The molecule has 0 aliphatic carbocycles. The summed E-state index contributed by atoms with van der Waals surface area (Å²) in [5, 5.41) is 3.13. The molecule has 4 nitrogen and oxygen atoms in total. The van der Waals surface area contributed by atoms with Crippen molar-refractivity contribution in [1.82, 2.24) is 4.98 Å². The van der Waals surface area contributed by atoms with Crippen molar-refractivity contribution in [2.75, 3.05) is 19.8 Å². The number of nitrogens with zero attached hydrogens (tertiary/aromatic N) is 1. The molecule has 0 bridgehead atoms. The zero-order valence-electron chi connectivity index (χ0n) is 9.15. The maximum absolute atomic E-state index is 6.27. The molecule has 1 aromatic rings. The van der Waals surface area contributed by atoms with Crippen LogP contribution in [0.1, 0.15) is 36.1 Å². The maximum Gasteiger partial charge on any atom is 0.122 e. The van der Waals surface area contributed by atoms with E-state index in [-0.39, 0.29) is 11.6 Å². The summed E-state index contributed by atoms with van der Waals surface area (Å²) in [6.07, 6.45) is 3.28. The molecule has 2 saturated heterocycles. The third-order valence-electron chi connectivity index (χ3n) is 3.29. The van der Waals surface area contributed by atoms with Gasteiger partial charge in [0.25, 0.3) is 0 Å². The van der Waals surface area contributed by atoms with Gasteiger partial charge in [-0.15, -0.1) is 11.3 Å². The zero-order chi connectivity index (χ0) is 11.0. The van der Waals surface area contributed by atoms with E-state index in [1.54, 1.807) is 11.3 Å². The molecule has 2 fully saturated rings. The van der Waals surface area contributed by atoms with Crippen molar-refractivity contribution in [3.63, 3.8) is 0 Å². The number of rotatable bonds is 2. The van der Waals surface area contributed by atoms with Crippen LogP contribution in [0.5, 0.6) is 0 Å². The summed E-state index contributed by atoms with van der Waals surface area (Å²) in [7, 11) is 0. The molecule has 0 spiro atoms. The van der Waals surface area contributed by atoms with Crippen LogP contribution in [-0.4, -0.2) is 24.8 Å². The SMILES string of the molecule is NC1(c2csc(C3CCCO3)n2)CCOC1. The number of nitrogens with two attached hydrogens (primary N) is 1. The number of hydrogen-bond acceptors (Lipinski definition) is 5. The van der Waals surface area contributed by atoms with Gasteiger partial charge in [-0.2, -0.15) is 0 Å². The Balaban J connectivity index is 1.81. The van der Waals surface area contributed by atoms with Crippen LogP contribution in [0.4, 0.5) is 0 Å². The van der Waals surface area contributed by atoms with Gasteiger partial charge in [-0.3, -0.25) is 0 Å². The lowest BCUT2D eigenvalue weighted by atomic mass is 9.97. The maximum atomic E-state index is 6.27. The van der Waals surface area contributed by atoms with E-state index in [2.05, 4.69) is 10.4 Å². The standard InChI is InChI=1S/C11H16N2O2S/c12-11(3-5-14-7-11)9-6-16-10(13-9)8-2-1-4-15-8/h6,8H,1-5,7,12H2. The predicted molar refractivity (Wildman–Crippen MR) is 61.3 cm³/mol. The summed E-state index contributed by atoms with van der Waals surface area (Å²) in [5.74, 6) is 0. The molecule has 0 saturated carbocycles. The first-order chi connectivity index (χ1) is 7.78. The molecule has 3 heterocycles. The van der Waals surface area contributed by atoms with Crippen molar-refractivity contribution in [3.05, 3.63) is 16.1 Å². The molecule has 2 atom stereocenters. The Labute approximate surface area is 98.8 Å². The van der Waals surface area contributed by atoms with Crippen molar-refractivity contribution >= 4 is 11.3 Å². The summed E-state index contributed by atoms with van der Waals surface area (Å²) in [6.45, 7) is 2.18. The van der Waals surface area contributed by atoms with E-state index in [0.717, 1.165) is 43.2 Å². The molecule has 0 amide bonds. The predicted octanol–water partition coefficient (Wildman–Crippen LogP) is 1.57. The molecule has 2 aliphatic rings. The van der Waals surface area contributed by atoms with Crippen LogP contribution in [0.3, 0.4) is 0 Å². The van der Waals surface area contributed by atoms with Gasteiger partial charge < -0.3 is 15.2 Å². The van der Waals surface area contributed by atoms with Gasteiger partial charge in [0.1, 0.15) is 11.1 Å². The van der Waals surface area contributed by atoms with Crippen molar-refractivity contribution in [2.45, 2.75) is 30.9 Å². The van der Waals surface area contributed by atoms with Gasteiger partial charge in [0.2, 0.25) is 0 Å². The first-order valence-electron chi connectivity index (χ1n) is 5.72. The van der Waals surface area contributed by atoms with Crippen LogP contribution in [-0.2, 0) is 15.0 Å². The minimum absolute atomic E-state index is 0.199. The summed E-state index contributed by atoms with van der Waals surface area (Å²) in [4.78, 5) is 4.63. The largest absolute Gasteiger partial charge is 0.379 e. The molecule has 5 heteroatoms. The Hall–Kier alpha value is -0.490. The number of thiazole rings is 1. The van der Waals surface area contributed by atoms with Crippen LogP contribution in [0, 0.1) is 0 Å². The highest BCUT2D eigenvalue weighted by Crippen LogP contribution is 2.34. The van der Waals surface area contributed by atoms with Crippen molar-refractivity contribution in [3.8, 4) is 0 Å². The monoisotopic (exact) mass is 240 g/mol. The normalized spacial score (nSPS) is 34.7. The molecule has 1 aromatic heterocycles. The minimum atomic E-state index is -0.368. The van der Waals surface area contributed by atoms with Crippen LogP contribution in [0.25, 0.3) is 0 Å². The van der Waals surface area contributed by atoms with E-state index in [1.165, 1.54) is 0 Å². The van der Waals surface area contributed by atoms with Gasteiger partial charge in [-0.05, 0) is 19.3 Å². The second-order valence-electron chi connectivity index (χ2n) is 4.53. The molecule has 16 heavy (non-hydrogen) atoms. The number of aromatic nitrogens is 1. The lowest BCUT2D eigenvalue weighted by Crippen LogP contribution is -2.37. The first-order valence-corrected chi connectivity index (χ1v) is 6.60. The third kappa shape index (κ3) is 1.78. The van der Waals surface area contributed by atoms with E-state index in [0.29, 0.717) is 6.61 Å². The smallest absolute Gasteiger partial charge is 0.122 e. The van der Waals surface area contributed by atoms with Crippen LogP contribution in [0.2, 0.25) is 0 Å². The summed E-state index contributed by atoms with van der Waals surface area (Å²) < 4.78 is 11.0. The third-order valence-corrected chi connectivity index (χ3v) is 4.23. The van der Waals surface area contributed by atoms with E-state index >= 15 is 0 Å². The fraction of sp³-hybridized carbons (Fsp3) is 0.727. The van der Waals surface area contributed by atoms with E-state index in [9.17, 15) is 0 Å². The van der Waals surface area contributed by atoms with Crippen LogP contribution < -0.4 is 5.73 Å². The molecule has 2 aliphatic heterocycles. The Morgan fingerprint density at radius 2 is 2.44 bits per heavy atom. The van der Waals surface area contributed by atoms with E-state index in [1.807, 2.05) is 0 Å². The molecular formula is C11H16N2O2S. The van der Waals surface area contributed by atoms with Crippen LogP contribution in [0.15, 0.2) is 5.38 Å². The highest BCUT2D eigenvalue weighted by atomic mass is 32.1. The van der Waals surface area contributed by atoms with Gasteiger partial charge in [-0.25, -0.2) is 4.98 Å². The van der Waals surface area contributed by atoms with Crippen molar-refractivity contribution < 1.29 is 9.47 Å². The molecule has 3 rings (SSSR count).